The monoisotopic (exact) mass is 394 g/mol. The van der Waals surface area contributed by atoms with Crippen LogP contribution < -0.4 is 15.6 Å². The molecule has 1 aliphatic rings. The number of aromatic hydroxyl groups is 1. The van der Waals surface area contributed by atoms with Gasteiger partial charge in [-0.2, -0.15) is 0 Å². The number of hydrogen-bond acceptors (Lipinski definition) is 6. The first-order chi connectivity index (χ1) is 14.1. The van der Waals surface area contributed by atoms with E-state index in [4.69, 9.17) is 13.9 Å². The topological polar surface area (TPSA) is 93.3 Å². The predicted molar refractivity (Wildman–Crippen MR) is 107 cm³/mol. The summed E-state index contributed by atoms with van der Waals surface area (Å²) in [5.74, 6) is 0.498. The highest BCUT2D eigenvalue weighted by molar-refractivity contribution is 5.96. The number of fused-ring (bicyclic) bond motifs is 1. The normalized spacial score (nSPS) is 16.9. The lowest BCUT2D eigenvalue weighted by atomic mass is 10.1. The first kappa shape index (κ1) is 19.0. The Morgan fingerprint density at radius 3 is 2.79 bits per heavy atom. The van der Waals surface area contributed by atoms with Gasteiger partial charge < -0.3 is 24.3 Å². The van der Waals surface area contributed by atoms with Gasteiger partial charge in [-0.25, -0.2) is 4.99 Å². The SMILES string of the molecule is COc1ccc(N=c2oc3cc(O)ccc3cc2C(=O)NC[C@H]2CCCO2)cc1. The Kier molecular flexibility index (Phi) is 5.48. The van der Waals surface area contributed by atoms with Crippen LogP contribution >= 0.6 is 0 Å². The number of benzene rings is 2. The van der Waals surface area contributed by atoms with Gasteiger partial charge >= 0.3 is 0 Å². The van der Waals surface area contributed by atoms with Gasteiger partial charge in [-0.3, -0.25) is 4.79 Å². The summed E-state index contributed by atoms with van der Waals surface area (Å²) in [6, 6.07) is 13.6. The molecule has 2 aromatic carbocycles. The maximum atomic E-state index is 12.9. The molecule has 7 heteroatoms. The second kappa shape index (κ2) is 8.36. The quantitative estimate of drug-likeness (QED) is 0.693. The van der Waals surface area contributed by atoms with E-state index in [9.17, 15) is 9.90 Å². The van der Waals surface area contributed by atoms with E-state index in [-0.39, 0.29) is 23.3 Å². The molecule has 7 nitrogen and oxygen atoms in total. The van der Waals surface area contributed by atoms with Crippen molar-refractivity contribution in [1.29, 1.82) is 0 Å². The van der Waals surface area contributed by atoms with Gasteiger partial charge in [0.1, 0.15) is 22.6 Å². The van der Waals surface area contributed by atoms with Gasteiger partial charge in [-0.05, 0) is 55.3 Å². The Hall–Kier alpha value is -3.32. The third-order valence-corrected chi connectivity index (χ3v) is 4.80. The predicted octanol–water partition coefficient (Wildman–Crippen LogP) is 3.29. The summed E-state index contributed by atoms with van der Waals surface area (Å²) >= 11 is 0. The molecular weight excluding hydrogens is 372 g/mol. The number of phenolic OH excluding ortho intramolecular Hbond substituents is 1. The van der Waals surface area contributed by atoms with Crippen molar-refractivity contribution in [3.63, 3.8) is 0 Å². The van der Waals surface area contributed by atoms with Crippen LogP contribution in [0, 0.1) is 0 Å². The Morgan fingerprint density at radius 2 is 2.07 bits per heavy atom. The average molecular weight is 394 g/mol. The van der Waals surface area contributed by atoms with Crippen molar-refractivity contribution < 1.29 is 23.8 Å². The molecule has 1 atom stereocenters. The molecule has 1 amide bonds. The maximum absolute atomic E-state index is 12.9. The van der Waals surface area contributed by atoms with Crippen molar-refractivity contribution in [3.05, 3.63) is 59.6 Å². The van der Waals surface area contributed by atoms with Crippen LogP contribution in [0.5, 0.6) is 11.5 Å². The van der Waals surface area contributed by atoms with E-state index in [1.165, 1.54) is 6.07 Å². The lowest BCUT2D eigenvalue weighted by Crippen LogP contribution is -2.34. The number of nitrogens with zero attached hydrogens (tertiary/aromatic N) is 1. The van der Waals surface area contributed by atoms with Crippen molar-refractivity contribution in [3.8, 4) is 11.5 Å². The van der Waals surface area contributed by atoms with Gasteiger partial charge in [0.05, 0.1) is 18.9 Å². The highest BCUT2D eigenvalue weighted by Gasteiger charge is 2.18. The third kappa shape index (κ3) is 4.41. The van der Waals surface area contributed by atoms with E-state index >= 15 is 0 Å². The zero-order valence-electron chi connectivity index (χ0n) is 16.1. The summed E-state index contributed by atoms with van der Waals surface area (Å²) in [5, 5.41) is 13.4. The molecule has 3 aromatic rings. The van der Waals surface area contributed by atoms with Crippen molar-refractivity contribution in [2.45, 2.75) is 18.9 Å². The van der Waals surface area contributed by atoms with Crippen molar-refractivity contribution in [1.82, 2.24) is 5.32 Å². The number of methoxy groups -OCH3 is 1. The van der Waals surface area contributed by atoms with Crippen molar-refractivity contribution in [2.24, 2.45) is 4.99 Å². The van der Waals surface area contributed by atoms with Gasteiger partial charge in [0.2, 0.25) is 5.55 Å². The summed E-state index contributed by atoms with van der Waals surface area (Å²) in [7, 11) is 1.59. The van der Waals surface area contributed by atoms with Crippen LogP contribution in [0.3, 0.4) is 0 Å². The molecule has 0 bridgehead atoms. The van der Waals surface area contributed by atoms with Crippen LogP contribution in [-0.4, -0.2) is 37.4 Å². The van der Waals surface area contributed by atoms with Crippen molar-refractivity contribution in [2.75, 3.05) is 20.3 Å². The Labute approximate surface area is 167 Å². The Balaban J connectivity index is 1.73. The number of nitrogens with one attached hydrogen (secondary N) is 1. The minimum absolute atomic E-state index is 0.0373. The molecule has 0 unspecified atom stereocenters. The Morgan fingerprint density at radius 1 is 1.24 bits per heavy atom. The fraction of sp³-hybridized carbons (Fsp3) is 0.273. The molecule has 1 aliphatic heterocycles. The molecule has 29 heavy (non-hydrogen) atoms. The van der Waals surface area contributed by atoms with Crippen LogP contribution in [0.15, 0.2) is 57.9 Å². The molecule has 0 spiro atoms. The lowest BCUT2D eigenvalue weighted by Gasteiger charge is -2.11. The second-order valence-electron chi connectivity index (χ2n) is 6.84. The molecule has 0 aliphatic carbocycles. The lowest BCUT2D eigenvalue weighted by molar-refractivity contribution is 0.0854. The molecule has 1 aromatic heterocycles. The molecule has 1 saturated heterocycles. The summed E-state index contributed by atoms with van der Waals surface area (Å²) in [6.45, 7) is 1.17. The van der Waals surface area contributed by atoms with Gasteiger partial charge in [-0.1, -0.05) is 0 Å². The first-order valence-corrected chi connectivity index (χ1v) is 9.48. The highest BCUT2D eigenvalue weighted by Crippen LogP contribution is 2.21. The maximum Gasteiger partial charge on any atom is 0.256 e. The Bertz CT molecular complexity index is 1080. The molecule has 0 saturated carbocycles. The zero-order valence-corrected chi connectivity index (χ0v) is 16.1. The fourth-order valence-corrected chi connectivity index (χ4v) is 3.23. The average Bonchev–Trinajstić information content (AvgIpc) is 3.26. The van der Waals surface area contributed by atoms with Crippen LogP contribution in [0.1, 0.15) is 23.2 Å². The number of amides is 1. The zero-order chi connectivity index (χ0) is 20.2. The minimum atomic E-state index is -0.286. The number of rotatable bonds is 5. The van der Waals surface area contributed by atoms with Gasteiger partial charge in [0, 0.05) is 24.6 Å². The molecule has 1 fully saturated rings. The number of phenols is 1. The van der Waals surface area contributed by atoms with E-state index < -0.39 is 0 Å². The fourth-order valence-electron chi connectivity index (χ4n) is 3.23. The number of ether oxygens (including phenoxy) is 2. The standard InChI is InChI=1S/C22H22N2O5/c1-27-17-8-5-15(6-9-17)24-22-19(21(26)23-13-18-3-2-10-28-18)11-14-4-7-16(25)12-20(14)29-22/h4-9,11-12,18,25H,2-3,10,13H2,1H3,(H,23,26)/t18-/m1/s1. The number of carbonyl (C=O) groups excluding carboxylic acids is 1. The molecule has 2 N–H and O–H groups in total. The molecule has 0 radical (unpaired) electrons. The molecule has 150 valence electrons. The first-order valence-electron chi connectivity index (χ1n) is 9.48. The van der Waals surface area contributed by atoms with E-state index in [1.54, 1.807) is 49.6 Å². The van der Waals surface area contributed by atoms with Crippen LogP contribution in [-0.2, 0) is 4.74 Å². The van der Waals surface area contributed by atoms with E-state index in [1.807, 2.05) is 0 Å². The third-order valence-electron chi connectivity index (χ3n) is 4.80. The van der Waals surface area contributed by atoms with Gasteiger partial charge in [0.15, 0.2) is 0 Å². The van der Waals surface area contributed by atoms with E-state index in [2.05, 4.69) is 10.3 Å². The van der Waals surface area contributed by atoms with E-state index in [0.717, 1.165) is 19.4 Å². The van der Waals surface area contributed by atoms with Gasteiger partial charge in [-0.15, -0.1) is 0 Å². The molecular formula is C22H22N2O5. The number of hydrogen-bond donors (Lipinski definition) is 2. The van der Waals surface area contributed by atoms with E-state index in [0.29, 0.717) is 34.5 Å². The van der Waals surface area contributed by atoms with Crippen LogP contribution in [0.4, 0.5) is 5.69 Å². The minimum Gasteiger partial charge on any atom is -0.508 e. The number of carbonyl (C=O) groups is 1. The summed E-state index contributed by atoms with van der Waals surface area (Å²) in [5.41, 5.74) is 1.53. The summed E-state index contributed by atoms with van der Waals surface area (Å²) in [4.78, 5) is 17.4. The second-order valence-corrected chi connectivity index (χ2v) is 6.84. The highest BCUT2D eigenvalue weighted by atomic mass is 16.5. The van der Waals surface area contributed by atoms with Crippen LogP contribution in [0.2, 0.25) is 0 Å². The van der Waals surface area contributed by atoms with Crippen LogP contribution in [0.25, 0.3) is 11.0 Å². The smallest absolute Gasteiger partial charge is 0.256 e. The molecule has 4 rings (SSSR count). The molecule has 2 heterocycles. The van der Waals surface area contributed by atoms with Crippen molar-refractivity contribution >= 4 is 22.6 Å². The summed E-state index contributed by atoms with van der Waals surface area (Å²) in [6.07, 6.45) is 1.98. The van der Waals surface area contributed by atoms with Gasteiger partial charge in [0.25, 0.3) is 5.91 Å². The largest absolute Gasteiger partial charge is 0.508 e. The summed E-state index contributed by atoms with van der Waals surface area (Å²) < 4.78 is 16.6.